The van der Waals surface area contributed by atoms with E-state index in [1.165, 1.54) is 22.7 Å². The molecule has 176 valence electrons. The lowest BCUT2D eigenvalue weighted by Crippen LogP contribution is -2.39. The van der Waals surface area contributed by atoms with Gasteiger partial charge in [0, 0.05) is 10.4 Å². The molecule has 1 atom stereocenters. The molecule has 0 fully saturated rings. The molecule has 6 nitrogen and oxygen atoms in total. The van der Waals surface area contributed by atoms with Gasteiger partial charge in [0.2, 0.25) is 0 Å². The van der Waals surface area contributed by atoms with Crippen LogP contribution < -0.4 is 14.9 Å². The number of thiazole rings is 1. The van der Waals surface area contributed by atoms with Gasteiger partial charge in [-0.05, 0) is 54.6 Å². The van der Waals surface area contributed by atoms with Crippen LogP contribution in [0, 0.1) is 6.92 Å². The number of hydrogen-bond acceptors (Lipinski definition) is 7. The van der Waals surface area contributed by atoms with E-state index in [0.717, 1.165) is 21.6 Å². The number of phenolic OH excluding ortho intramolecular Hbond substituents is 1. The highest BCUT2D eigenvalue weighted by Crippen LogP contribution is 2.36. The van der Waals surface area contributed by atoms with Crippen molar-refractivity contribution < 1.29 is 14.6 Å². The highest BCUT2D eigenvalue weighted by atomic mass is 32.1. The molecule has 5 rings (SSSR count). The minimum Gasteiger partial charge on any atom is -0.508 e. The zero-order valence-electron chi connectivity index (χ0n) is 19.1. The van der Waals surface area contributed by atoms with Gasteiger partial charge < -0.3 is 9.84 Å². The second kappa shape index (κ2) is 9.48. The summed E-state index contributed by atoms with van der Waals surface area (Å²) in [7, 11) is 0. The average molecular weight is 503 g/mol. The largest absolute Gasteiger partial charge is 0.508 e. The molecule has 0 amide bonds. The number of aromatic nitrogens is 1. The molecular formula is C27H22N2O4S2. The third-order valence-electron chi connectivity index (χ3n) is 5.70. The van der Waals surface area contributed by atoms with Crippen LogP contribution in [0.3, 0.4) is 0 Å². The van der Waals surface area contributed by atoms with Gasteiger partial charge in [0.05, 0.1) is 22.4 Å². The van der Waals surface area contributed by atoms with Crippen molar-refractivity contribution in [3.8, 4) is 5.75 Å². The molecule has 0 saturated carbocycles. The van der Waals surface area contributed by atoms with Gasteiger partial charge in [-0.2, -0.15) is 0 Å². The standard InChI is InChI=1S/C27H22N2O4S2/c1-3-33-26(32)22-23(18-8-5-4-6-9-18)28-27-29(24(22)20-10-7-13-34-20)25(31)21(35-27)15-17-11-12-19(30)16(2)14-17/h4-15,24,30H,3H2,1-2H3/b21-15-. The molecule has 0 saturated heterocycles. The molecule has 0 bridgehead atoms. The van der Waals surface area contributed by atoms with Gasteiger partial charge >= 0.3 is 5.97 Å². The van der Waals surface area contributed by atoms with E-state index in [0.29, 0.717) is 20.6 Å². The van der Waals surface area contributed by atoms with Crippen molar-refractivity contribution in [2.75, 3.05) is 6.61 Å². The van der Waals surface area contributed by atoms with Gasteiger partial charge in [0.15, 0.2) is 4.80 Å². The predicted molar refractivity (Wildman–Crippen MR) is 138 cm³/mol. The number of hydrogen-bond donors (Lipinski definition) is 1. The number of phenols is 1. The molecule has 1 N–H and O–H groups in total. The maximum atomic E-state index is 13.7. The number of ether oxygens (including phenoxy) is 1. The second-order valence-corrected chi connectivity index (χ2v) is 9.98. The van der Waals surface area contributed by atoms with Crippen LogP contribution in [0.4, 0.5) is 0 Å². The molecule has 0 aliphatic carbocycles. The summed E-state index contributed by atoms with van der Waals surface area (Å²) in [5.74, 6) is -0.287. The molecule has 2 aromatic heterocycles. The van der Waals surface area contributed by atoms with E-state index in [-0.39, 0.29) is 17.9 Å². The summed E-state index contributed by atoms with van der Waals surface area (Å²) in [6.45, 7) is 3.78. The first-order valence-corrected chi connectivity index (χ1v) is 12.8. The minimum atomic E-state index is -0.649. The summed E-state index contributed by atoms with van der Waals surface area (Å²) in [5, 5.41) is 11.8. The second-order valence-electron chi connectivity index (χ2n) is 7.99. The topological polar surface area (TPSA) is 80.9 Å². The lowest BCUT2D eigenvalue weighted by molar-refractivity contribution is -0.138. The Morgan fingerprint density at radius 3 is 2.66 bits per heavy atom. The van der Waals surface area contributed by atoms with E-state index in [1.54, 1.807) is 29.7 Å². The molecule has 4 aromatic rings. The number of aromatic hydroxyl groups is 1. The Morgan fingerprint density at radius 2 is 1.97 bits per heavy atom. The van der Waals surface area contributed by atoms with Crippen LogP contribution >= 0.6 is 22.7 Å². The predicted octanol–water partition coefficient (Wildman–Crippen LogP) is 4.01. The fourth-order valence-electron chi connectivity index (χ4n) is 4.08. The normalized spacial score (nSPS) is 15.6. The Morgan fingerprint density at radius 1 is 1.17 bits per heavy atom. The SMILES string of the molecule is CCOC(=O)C1=C(c2ccccc2)N=c2s/c(=C\c3ccc(O)c(C)c3)c(=O)n2C1c1cccs1. The molecule has 8 heteroatoms. The highest BCUT2D eigenvalue weighted by Gasteiger charge is 2.35. The number of benzene rings is 2. The van der Waals surface area contributed by atoms with E-state index in [9.17, 15) is 14.7 Å². The van der Waals surface area contributed by atoms with Gasteiger partial charge in [-0.15, -0.1) is 11.3 Å². The van der Waals surface area contributed by atoms with Crippen molar-refractivity contribution in [1.82, 2.24) is 4.57 Å². The molecule has 2 aromatic carbocycles. The molecule has 35 heavy (non-hydrogen) atoms. The number of thiophene rings is 1. The molecule has 1 aliphatic rings. The van der Waals surface area contributed by atoms with Gasteiger partial charge in [0.1, 0.15) is 11.8 Å². The van der Waals surface area contributed by atoms with Crippen LogP contribution in [0.5, 0.6) is 5.75 Å². The van der Waals surface area contributed by atoms with Gasteiger partial charge in [0.25, 0.3) is 5.56 Å². The summed E-state index contributed by atoms with van der Waals surface area (Å²) in [4.78, 5) is 33.2. The van der Waals surface area contributed by atoms with Gasteiger partial charge in [-0.1, -0.05) is 53.8 Å². The number of rotatable bonds is 5. The summed E-state index contributed by atoms with van der Waals surface area (Å²) in [6, 6.07) is 17.9. The van der Waals surface area contributed by atoms with E-state index in [4.69, 9.17) is 9.73 Å². The highest BCUT2D eigenvalue weighted by molar-refractivity contribution is 7.10. The van der Waals surface area contributed by atoms with Gasteiger partial charge in [-0.3, -0.25) is 9.36 Å². The fourth-order valence-corrected chi connectivity index (χ4v) is 5.90. The number of fused-ring (bicyclic) bond motifs is 1. The summed E-state index contributed by atoms with van der Waals surface area (Å²) in [6.07, 6.45) is 1.79. The zero-order valence-corrected chi connectivity index (χ0v) is 20.7. The van der Waals surface area contributed by atoms with Crippen molar-refractivity contribution in [3.63, 3.8) is 0 Å². The Labute approximate surface area is 209 Å². The summed E-state index contributed by atoms with van der Waals surface area (Å²) < 4.78 is 7.53. The minimum absolute atomic E-state index is 0.202. The number of nitrogens with zero attached hydrogens (tertiary/aromatic N) is 2. The molecule has 0 spiro atoms. The lowest BCUT2D eigenvalue weighted by atomic mass is 9.97. The quantitative estimate of drug-likeness (QED) is 0.418. The average Bonchev–Trinajstić information content (AvgIpc) is 3.50. The Kier molecular flexibility index (Phi) is 6.23. The monoisotopic (exact) mass is 502 g/mol. The van der Waals surface area contributed by atoms with Crippen molar-refractivity contribution in [3.05, 3.63) is 113 Å². The van der Waals surface area contributed by atoms with E-state index < -0.39 is 12.0 Å². The molecular weight excluding hydrogens is 480 g/mol. The molecule has 1 aliphatic heterocycles. The summed E-state index contributed by atoms with van der Waals surface area (Å²) >= 11 is 2.76. The first kappa shape index (κ1) is 23.0. The Balaban J connectivity index is 1.80. The fraction of sp³-hybridized carbons (Fsp3) is 0.148. The van der Waals surface area contributed by atoms with E-state index >= 15 is 0 Å². The lowest BCUT2D eigenvalue weighted by Gasteiger charge is -2.24. The van der Waals surface area contributed by atoms with Crippen LogP contribution in [0.25, 0.3) is 11.8 Å². The van der Waals surface area contributed by atoms with Crippen molar-refractivity contribution >= 4 is 40.4 Å². The number of esters is 1. The van der Waals surface area contributed by atoms with E-state index in [1.807, 2.05) is 60.8 Å². The summed E-state index contributed by atoms with van der Waals surface area (Å²) in [5.41, 5.74) is 2.93. The Hall–Kier alpha value is -3.75. The molecule has 3 heterocycles. The van der Waals surface area contributed by atoms with Crippen LogP contribution in [0.2, 0.25) is 0 Å². The Bertz CT molecular complexity index is 1610. The van der Waals surface area contributed by atoms with Crippen molar-refractivity contribution in [2.24, 2.45) is 4.99 Å². The number of carbonyl (C=O) groups is 1. The van der Waals surface area contributed by atoms with Gasteiger partial charge in [-0.25, -0.2) is 9.79 Å². The van der Waals surface area contributed by atoms with Crippen molar-refractivity contribution in [2.45, 2.75) is 19.9 Å². The first-order valence-electron chi connectivity index (χ1n) is 11.1. The maximum absolute atomic E-state index is 13.7. The maximum Gasteiger partial charge on any atom is 0.338 e. The molecule has 1 unspecified atom stereocenters. The number of aryl methyl sites for hydroxylation is 1. The first-order chi connectivity index (χ1) is 17.0. The third-order valence-corrected chi connectivity index (χ3v) is 7.61. The van der Waals surface area contributed by atoms with Crippen LogP contribution in [-0.2, 0) is 9.53 Å². The zero-order chi connectivity index (χ0) is 24.5. The smallest absolute Gasteiger partial charge is 0.338 e. The van der Waals surface area contributed by atoms with Crippen LogP contribution in [-0.4, -0.2) is 22.2 Å². The van der Waals surface area contributed by atoms with E-state index in [2.05, 4.69) is 0 Å². The molecule has 0 radical (unpaired) electrons. The number of carbonyl (C=O) groups excluding carboxylic acids is 1. The van der Waals surface area contributed by atoms with Crippen LogP contribution in [0.1, 0.15) is 34.5 Å². The van der Waals surface area contributed by atoms with Crippen LogP contribution in [0.15, 0.2) is 81.4 Å². The third kappa shape index (κ3) is 4.26. The van der Waals surface area contributed by atoms with Crippen molar-refractivity contribution in [1.29, 1.82) is 0 Å².